The van der Waals surface area contributed by atoms with Crippen molar-refractivity contribution >= 4 is 37.6 Å². The van der Waals surface area contributed by atoms with Crippen LogP contribution in [0.2, 0.25) is 0 Å². The summed E-state index contributed by atoms with van der Waals surface area (Å²) in [6.07, 6.45) is 0.143. The van der Waals surface area contributed by atoms with Crippen LogP contribution in [0.25, 0.3) is 0 Å². The van der Waals surface area contributed by atoms with E-state index in [-0.39, 0.29) is 23.4 Å². The number of carbonyl (C=O) groups excluding carboxylic acids is 1. The number of Topliss-reactive ketones (excluding diaryl/α,β-unsaturated/α-hetero) is 1. The second-order valence-corrected chi connectivity index (χ2v) is 4.06. The average Bonchev–Trinajstić information content (AvgIpc) is 2.09. The van der Waals surface area contributed by atoms with Crippen molar-refractivity contribution in [3.63, 3.8) is 0 Å². The van der Waals surface area contributed by atoms with Crippen LogP contribution in [0.15, 0.2) is 22.7 Å². The van der Waals surface area contributed by atoms with E-state index in [2.05, 4.69) is 31.9 Å². The normalized spacial score (nSPS) is 10.1. The molecule has 13 heavy (non-hydrogen) atoms. The van der Waals surface area contributed by atoms with E-state index >= 15 is 0 Å². The summed E-state index contributed by atoms with van der Waals surface area (Å²) in [5.74, 6) is -0.370. The summed E-state index contributed by atoms with van der Waals surface area (Å²) in [5.41, 5.74) is 0.438. The molecular formula is C9H7Br2FO. The molecule has 1 nitrogen and oxygen atoms in total. The van der Waals surface area contributed by atoms with Crippen LogP contribution in [0.5, 0.6) is 0 Å². The lowest BCUT2D eigenvalue weighted by Crippen LogP contribution is -2.05. The molecule has 0 saturated heterocycles. The number of ketones is 1. The highest BCUT2D eigenvalue weighted by atomic mass is 79.9. The smallest absolute Gasteiger partial charge is 0.147 e. The molecule has 0 heterocycles. The molecule has 0 unspecified atom stereocenters. The molecular weight excluding hydrogens is 303 g/mol. The van der Waals surface area contributed by atoms with Gasteiger partial charge in [-0.25, -0.2) is 4.39 Å². The first-order valence-corrected chi connectivity index (χ1v) is 5.56. The fourth-order valence-electron chi connectivity index (χ4n) is 0.925. The van der Waals surface area contributed by atoms with Crippen LogP contribution in [-0.2, 0) is 11.2 Å². The van der Waals surface area contributed by atoms with Gasteiger partial charge < -0.3 is 0 Å². The molecule has 4 heteroatoms. The SMILES string of the molecule is O=C(CBr)Cc1ccc(Br)cc1F. The van der Waals surface area contributed by atoms with Gasteiger partial charge in [-0.3, -0.25) is 4.79 Å². The Morgan fingerprint density at radius 1 is 1.46 bits per heavy atom. The molecule has 0 saturated carbocycles. The zero-order valence-electron chi connectivity index (χ0n) is 6.69. The molecule has 0 aromatic heterocycles. The van der Waals surface area contributed by atoms with Gasteiger partial charge in [0.2, 0.25) is 0 Å². The van der Waals surface area contributed by atoms with Crippen molar-refractivity contribution in [1.29, 1.82) is 0 Å². The molecule has 0 atom stereocenters. The molecule has 0 fully saturated rings. The monoisotopic (exact) mass is 308 g/mol. The van der Waals surface area contributed by atoms with Gasteiger partial charge in [-0.15, -0.1) is 0 Å². The van der Waals surface area contributed by atoms with Gasteiger partial charge in [-0.2, -0.15) is 0 Å². The van der Waals surface area contributed by atoms with Crippen molar-refractivity contribution in [2.45, 2.75) is 6.42 Å². The Kier molecular flexibility index (Phi) is 4.06. The minimum atomic E-state index is -0.344. The standard InChI is InChI=1S/C9H7Br2FO/c10-5-8(13)3-6-1-2-7(11)4-9(6)12/h1-2,4H,3,5H2. The molecule has 0 N–H and O–H groups in total. The number of rotatable bonds is 3. The molecule has 0 spiro atoms. The third-order valence-electron chi connectivity index (χ3n) is 1.55. The lowest BCUT2D eigenvalue weighted by molar-refractivity contribution is -0.115. The van der Waals surface area contributed by atoms with E-state index in [1.54, 1.807) is 12.1 Å². The predicted molar refractivity (Wildman–Crippen MR) is 56.6 cm³/mol. The van der Waals surface area contributed by atoms with E-state index < -0.39 is 0 Å². The van der Waals surface area contributed by atoms with Gasteiger partial charge in [-0.1, -0.05) is 37.9 Å². The van der Waals surface area contributed by atoms with Crippen LogP contribution in [0.4, 0.5) is 4.39 Å². The van der Waals surface area contributed by atoms with E-state index in [1.807, 2.05) is 0 Å². The van der Waals surface area contributed by atoms with E-state index in [1.165, 1.54) is 6.07 Å². The van der Waals surface area contributed by atoms with Crippen LogP contribution in [0, 0.1) is 5.82 Å². The van der Waals surface area contributed by atoms with Gasteiger partial charge >= 0.3 is 0 Å². The minimum absolute atomic E-state index is 0.0266. The summed E-state index contributed by atoms with van der Waals surface area (Å²) < 4.78 is 13.8. The maximum absolute atomic E-state index is 13.1. The lowest BCUT2D eigenvalue weighted by atomic mass is 10.1. The maximum atomic E-state index is 13.1. The first kappa shape index (κ1) is 10.9. The van der Waals surface area contributed by atoms with Gasteiger partial charge in [0.1, 0.15) is 11.6 Å². The van der Waals surface area contributed by atoms with Gasteiger partial charge in [0.05, 0.1) is 5.33 Å². The summed E-state index contributed by atoms with van der Waals surface area (Å²) >= 11 is 6.18. The molecule has 70 valence electrons. The molecule has 0 radical (unpaired) electrons. The minimum Gasteiger partial charge on any atom is -0.298 e. The van der Waals surface area contributed by atoms with Gasteiger partial charge in [0.15, 0.2) is 0 Å². The highest BCUT2D eigenvalue weighted by Gasteiger charge is 2.06. The Labute approximate surface area is 92.6 Å². The number of benzene rings is 1. The molecule has 1 aromatic rings. The van der Waals surface area contributed by atoms with Crippen molar-refractivity contribution in [3.05, 3.63) is 34.1 Å². The largest absolute Gasteiger partial charge is 0.298 e. The van der Waals surface area contributed by atoms with E-state index in [0.717, 1.165) is 0 Å². The maximum Gasteiger partial charge on any atom is 0.147 e. The first-order chi connectivity index (χ1) is 6.13. The second kappa shape index (κ2) is 4.86. The molecule has 0 aliphatic heterocycles. The molecule has 1 rings (SSSR count). The molecule has 0 aliphatic carbocycles. The van der Waals surface area contributed by atoms with Gasteiger partial charge in [-0.05, 0) is 17.7 Å². The Hall–Kier alpha value is -0.220. The summed E-state index contributed by atoms with van der Waals surface area (Å²) in [6, 6.07) is 4.69. The number of hydrogen-bond acceptors (Lipinski definition) is 1. The van der Waals surface area contributed by atoms with Crippen molar-refractivity contribution < 1.29 is 9.18 Å². The van der Waals surface area contributed by atoms with Crippen LogP contribution >= 0.6 is 31.9 Å². The zero-order chi connectivity index (χ0) is 9.84. The molecule has 1 aromatic carbocycles. The summed E-state index contributed by atoms with van der Waals surface area (Å²) in [7, 11) is 0. The topological polar surface area (TPSA) is 17.1 Å². The highest BCUT2D eigenvalue weighted by molar-refractivity contribution is 9.10. The Balaban J connectivity index is 2.83. The van der Waals surface area contributed by atoms with Crippen LogP contribution in [-0.4, -0.2) is 11.1 Å². The zero-order valence-corrected chi connectivity index (χ0v) is 9.86. The van der Waals surface area contributed by atoms with Crippen LogP contribution in [0.1, 0.15) is 5.56 Å². The fourth-order valence-corrected chi connectivity index (χ4v) is 1.46. The summed E-state index contributed by atoms with van der Waals surface area (Å²) in [4.78, 5) is 11.0. The highest BCUT2D eigenvalue weighted by Crippen LogP contribution is 2.15. The van der Waals surface area contributed by atoms with Crippen molar-refractivity contribution in [2.24, 2.45) is 0 Å². The predicted octanol–water partition coefficient (Wildman–Crippen LogP) is 3.09. The second-order valence-electron chi connectivity index (χ2n) is 2.58. The Bertz CT molecular complexity index is 325. The molecule has 0 amide bonds. The lowest BCUT2D eigenvalue weighted by Gasteiger charge is -2.00. The quantitative estimate of drug-likeness (QED) is 0.784. The summed E-state index contributed by atoms with van der Waals surface area (Å²) in [6.45, 7) is 0. The summed E-state index contributed by atoms with van der Waals surface area (Å²) in [5, 5.41) is 0.266. The average molecular weight is 310 g/mol. The first-order valence-electron chi connectivity index (χ1n) is 3.65. The van der Waals surface area contributed by atoms with Crippen LogP contribution in [0.3, 0.4) is 0 Å². The van der Waals surface area contributed by atoms with Crippen molar-refractivity contribution in [1.82, 2.24) is 0 Å². The fraction of sp³-hybridized carbons (Fsp3) is 0.222. The van der Waals surface area contributed by atoms with E-state index in [0.29, 0.717) is 10.0 Å². The third kappa shape index (κ3) is 3.19. The van der Waals surface area contributed by atoms with E-state index in [9.17, 15) is 9.18 Å². The number of carbonyl (C=O) groups is 1. The van der Waals surface area contributed by atoms with E-state index in [4.69, 9.17) is 0 Å². The Morgan fingerprint density at radius 3 is 2.69 bits per heavy atom. The molecule has 0 aliphatic rings. The third-order valence-corrected chi connectivity index (χ3v) is 2.67. The number of hydrogen-bond donors (Lipinski definition) is 0. The van der Waals surface area contributed by atoms with Crippen LogP contribution < -0.4 is 0 Å². The number of halogens is 3. The van der Waals surface area contributed by atoms with Crippen molar-refractivity contribution in [3.8, 4) is 0 Å². The van der Waals surface area contributed by atoms with Gasteiger partial charge in [0, 0.05) is 10.9 Å². The van der Waals surface area contributed by atoms with Gasteiger partial charge in [0.25, 0.3) is 0 Å². The number of alkyl halides is 1. The molecule has 0 bridgehead atoms. The van der Waals surface area contributed by atoms with Crippen molar-refractivity contribution in [2.75, 3.05) is 5.33 Å². The Morgan fingerprint density at radius 2 is 2.15 bits per heavy atom.